The summed E-state index contributed by atoms with van der Waals surface area (Å²) in [7, 11) is 0. The SMILES string of the molecule is Cc1cn([C@@H]2O[C@@]3(CO)CCC[C@@H]2[C@@H]3O)c(=O)[nH]c1=O. The number of hydrogen-bond donors (Lipinski definition) is 3. The molecule has 0 spiro atoms. The van der Waals surface area contributed by atoms with Crippen molar-refractivity contribution in [1.29, 1.82) is 0 Å². The van der Waals surface area contributed by atoms with Gasteiger partial charge in [0.2, 0.25) is 0 Å². The first-order valence-corrected chi connectivity index (χ1v) is 6.77. The molecule has 1 saturated carbocycles. The Bertz CT molecular complexity index is 636. The van der Waals surface area contributed by atoms with Crippen LogP contribution in [0.25, 0.3) is 0 Å². The molecule has 0 amide bonds. The molecule has 2 heterocycles. The van der Waals surface area contributed by atoms with E-state index in [-0.39, 0.29) is 12.5 Å². The van der Waals surface area contributed by atoms with Crippen molar-refractivity contribution in [3.8, 4) is 0 Å². The number of aromatic amines is 1. The van der Waals surface area contributed by atoms with Crippen LogP contribution in [0, 0.1) is 12.8 Å². The van der Waals surface area contributed by atoms with Gasteiger partial charge in [0.05, 0.1) is 12.7 Å². The van der Waals surface area contributed by atoms with E-state index in [2.05, 4.69) is 4.98 Å². The zero-order valence-electron chi connectivity index (χ0n) is 11.2. The summed E-state index contributed by atoms with van der Waals surface area (Å²) >= 11 is 0. The van der Waals surface area contributed by atoms with Gasteiger partial charge in [-0.3, -0.25) is 14.3 Å². The highest BCUT2D eigenvalue weighted by molar-refractivity contribution is 5.07. The van der Waals surface area contributed by atoms with Gasteiger partial charge in [0.15, 0.2) is 0 Å². The molecule has 7 heteroatoms. The van der Waals surface area contributed by atoms with E-state index in [1.807, 2.05) is 0 Å². The van der Waals surface area contributed by atoms with E-state index in [0.29, 0.717) is 12.0 Å². The van der Waals surface area contributed by atoms with E-state index in [4.69, 9.17) is 4.74 Å². The summed E-state index contributed by atoms with van der Waals surface area (Å²) in [4.78, 5) is 25.6. The Kier molecular flexibility index (Phi) is 3.07. The Labute approximate surface area is 114 Å². The molecule has 2 bridgehead atoms. The second kappa shape index (κ2) is 4.54. The van der Waals surface area contributed by atoms with E-state index < -0.39 is 29.2 Å². The van der Waals surface area contributed by atoms with Crippen LogP contribution in [0.15, 0.2) is 15.8 Å². The third-order valence-corrected chi connectivity index (χ3v) is 4.49. The largest absolute Gasteiger partial charge is 0.393 e. The Morgan fingerprint density at radius 2 is 2.30 bits per heavy atom. The van der Waals surface area contributed by atoms with Crippen molar-refractivity contribution in [2.75, 3.05) is 6.61 Å². The number of aromatic nitrogens is 2. The highest BCUT2D eigenvalue weighted by atomic mass is 16.6. The van der Waals surface area contributed by atoms with Crippen LogP contribution >= 0.6 is 0 Å². The number of aliphatic hydroxyl groups is 2. The van der Waals surface area contributed by atoms with Gasteiger partial charge < -0.3 is 14.9 Å². The molecule has 110 valence electrons. The zero-order chi connectivity index (χ0) is 14.5. The van der Waals surface area contributed by atoms with Gasteiger partial charge in [-0.2, -0.15) is 0 Å². The molecule has 2 fully saturated rings. The maximum atomic E-state index is 12.0. The summed E-state index contributed by atoms with van der Waals surface area (Å²) in [5.74, 6) is -0.251. The van der Waals surface area contributed by atoms with Crippen molar-refractivity contribution in [2.24, 2.45) is 5.92 Å². The second-order valence-electron chi connectivity index (χ2n) is 5.71. The minimum Gasteiger partial charge on any atom is -0.393 e. The van der Waals surface area contributed by atoms with Crippen LogP contribution in [0.3, 0.4) is 0 Å². The molecule has 0 unspecified atom stereocenters. The third-order valence-electron chi connectivity index (χ3n) is 4.49. The Hall–Kier alpha value is -1.44. The molecule has 0 aromatic carbocycles. The first-order chi connectivity index (χ1) is 9.48. The van der Waals surface area contributed by atoms with Crippen LogP contribution in [-0.2, 0) is 4.74 Å². The van der Waals surface area contributed by atoms with Crippen LogP contribution in [0.5, 0.6) is 0 Å². The van der Waals surface area contributed by atoms with Gasteiger partial charge in [-0.1, -0.05) is 0 Å². The van der Waals surface area contributed by atoms with Crippen LogP contribution in [0.1, 0.15) is 31.1 Å². The van der Waals surface area contributed by atoms with Crippen molar-refractivity contribution in [1.82, 2.24) is 9.55 Å². The monoisotopic (exact) mass is 282 g/mol. The predicted molar refractivity (Wildman–Crippen MR) is 69.3 cm³/mol. The van der Waals surface area contributed by atoms with Gasteiger partial charge in [0.25, 0.3) is 5.56 Å². The molecule has 3 N–H and O–H groups in total. The van der Waals surface area contributed by atoms with Crippen LogP contribution in [0.4, 0.5) is 0 Å². The fraction of sp³-hybridized carbons (Fsp3) is 0.692. The first kappa shape index (κ1) is 13.5. The summed E-state index contributed by atoms with van der Waals surface area (Å²) in [6.45, 7) is 1.33. The Morgan fingerprint density at radius 3 is 2.95 bits per heavy atom. The number of nitrogens with zero attached hydrogens (tertiary/aromatic N) is 1. The van der Waals surface area contributed by atoms with Gasteiger partial charge in [-0.15, -0.1) is 0 Å². The number of nitrogens with one attached hydrogen (secondary N) is 1. The normalized spacial score (nSPS) is 36.2. The average Bonchev–Trinajstić information content (AvgIpc) is 2.60. The van der Waals surface area contributed by atoms with E-state index in [0.717, 1.165) is 12.8 Å². The lowest BCUT2D eigenvalue weighted by atomic mass is 9.78. The van der Waals surface area contributed by atoms with E-state index in [1.54, 1.807) is 6.92 Å². The van der Waals surface area contributed by atoms with Crippen molar-refractivity contribution >= 4 is 0 Å². The molecule has 7 nitrogen and oxygen atoms in total. The van der Waals surface area contributed by atoms with E-state index in [1.165, 1.54) is 10.8 Å². The van der Waals surface area contributed by atoms with Crippen LogP contribution in [0.2, 0.25) is 0 Å². The predicted octanol–water partition coefficient (Wildman–Crippen LogP) is -0.734. The topological polar surface area (TPSA) is 105 Å². The molecular weight excluding hydrogens is 264 g/mol. The van der Waals surface area contributed by atoms with Gasteiger partial charge in [-0.25, -0.2) is 4.79 Å². The molecule has 20 heavy (non-hydrogen) atoms. The van der Waals surface area contributed by atoms with Gasteiger partial charge in [-0.05, 0) is 26.2 Å². The van der Waals surface area contributed by atoms with Gasteiger partial charge in [0.1, 0.15) is 11.8 Å². The summed E-state index contributed by atoms with van der Waals surface area (Å²) in [6, 6.07) is 0. The van der Waals surface area contributed by atoms with E-state index >= 15 is 0 Å². The molecule has 4 atom stereocenters. The molecular formula is C13H18N2O5. The minimum atomic E-state index is -0.989. The summed E-state index contributed by atoms with van der Waals surface area (Å²) < 4.78 is 7.15. The summed E-state index contributed by atoms with van der Waals surface area (Å²) in [6.07, 6.45) is 2.11. The standard InChI is InChI=1S/C13H18N2O5/c1-7-5-15(12(19)14-10(7)18)11-8-3-2-4-13(6-16,20-11)9(8)17/h5,8-9,11,16-17H,2-4,6H2,1H3,(H,14,18,19)/t8-,9+,11-,13-/m1/s1. The fourth-order valence-electron chi connectivity index (χ4n) is 3.34. The molecule has 3 rings (SSSR count). The lowest BCUT2D eigenvalue weighted by Crippen LogP contribution is -2.47. The maximum Gasteiger partial charge on any atom is 0.330 e. The average molecular weight is 282 g/mol. The number of rotatable bonds is 2. The Morgan fingerprint density at radius 1 is 1.55 bits per heavy atom. The van der Waals surface area contributed by atoms with Crippen molar-refractivity contribution < 1.29 is 14.9 Å². The minimum absolute atomic E-state index is 0.251. The van der Waals surface area contributed by atoms with Crippen molar-refractivity contribution in [3.05, 3.63) is 32.6 Å². The number of H-pyrrole nitrogens is 1. The lowest BCUT2D eigenvalue weighted by Gasteiger charge is -2.33. The fourth-order valence-corrected chi connectivity index (χ4v) is 3.34. The summed E-state index contributed by atoms with van der Waals surface area (Å²) in [5, 5.41) is 19.9. The summed E-state index contributed by atoms with van der Waals surface area (Å²) in [5.41, 5.74) is -1.57. The number of hydrogen-bond acceptors (Lipinski definition) is 5. The lowest BCUT2D eigenvalue weighted by molar-refractivity contribution is -0.132. The first-order valence-electron chi connectivity index (χ1n) is 6.77. The second-order valence-corrected chi connectivity index (χ2v) is 5.71. The van der Waals surface area contributed by atoms with Crippen molar-refractivity contribution in [3.63, 3.8) is 0 Å². The molecule has 1 aliphatic carbocycles. The van der Waals surface area contributed by atoms with Crippen molar-refractivity contribution in [2.45, 2.75) is 44.1 Å². The highest BCUT2D eigenvalue weighted by Crippen LogP contribution is 2.49. The van der Waals surface area contributed by atoms with Gasteiger partial charge in [0, 0.05) is 17.7 Å². The number of fused-ring (bicyclic) bond motifs is 2. The third kappa shape index (κ3) is 1.77. The number of aryl methyl sites for hydroxylation is 1. The van der Waals surface area contributed by atoms with E-state index in [9.17, 15) is 19.8 Å². The smallest absolute Gasteiger partial charge is 0.330 e. The molecule has 0 radical (unpaired) electrons. The quantitative estimate of drug-likeness (QED) is 0.663. The molecule has 2 aliphatic rings. The Balaban J connectivity index is 2.06. The molecule has 1 aromatic rings. The number of ether oxygens (including phenoxy) is 1. The molecule has 1 saturated heterocycles. The number of aliphatic hydroxyl groups excluding tert-OH is 2. The maximum absolute atomic E-state index is 12.0. The van der Waals surface area contributed by atoms with Crippen LogP contribution in [-0.4, -0.2) is 38.1 Å². The highest BCUT2D eigenvalue weighted by Gasteiger charge is 2.57. The molecule has 1 aromatic heterocycles. The van der Waals surface area contributed by atoms with Crippen LogP contribution < -0.4 is 11.2 Å². The molecule has 1 aliphatic heterocycles. The zero-order valence-corrected chi connectivity index (χ0v) is 11.2. The van der Waals surface area contributed by atoms with Gasteiger partial charge >= 0.3 is 5.69 Å².